The molecule has 0 saturated heterocycles. The summed E-state index contributed by atoms with van der Waals surface area (Å²) >= 11 is 3.44. The largest absolute Gasteiger partial charge is 0.496 e. The van der Waals surface area contributed by atoms with E-state index in [0.717, 1.165) is 15.8 Å². The van der Waals surface area contributed by atoms with Crippen LogP contribution in [0.2, 0.25) is 0 Å². The summed E-state index contributed by atoms with van der Waals surface area (Å²) in [5.41, 5.74) is 2.01. The number of aryl methyl sites for hydroxylation is 1. The Balaban J connectivity index is 2.00. The maximum absolute atomic E-state index is 12.3. The maximum atomic E-state index is 12.3. The van der Waals surface area contributed by atoms with Gasteiger partial charge in [-0.15, -0.1) is 0 Å². The molecule has 26 heavy (non-hydrogen) atoms. The van der Waals surface area contributed by atoms with Gasteiger partial charge in [-0.05, 0) is 66.0 Å². The van der Waals surface area contributed by atoms with Crippen LogP contribution in [0.4, 0.5) is 5.69 Å². The van der Waals surface area contributed by atoms with Crippen molar-refractivity contribution in [2.45, 2.75) is 32.7 Å². The molecule has 0 spiro atoms. The van der Waals surface area contributed by atoms with E-state index in [4.69, 9.17) is 4.74 Å². The fourth-order valence-electron chi connectivity index (χ4n) is 2.47. The van der Waals surface area contributed by atoms with Gasteiger partial charge in [0.25, 0.3) is 5.91 Å². The van der Waals surface area contributed by atoms with Gasteiger partial charge in [0, 0.05) is 12.5 Å². The molecule has 138 valence electrons. The first-order valence-electron chi connectivity index (χ1n) is 8.43. The van der Waals surface area contributed by atoms with Crippen LogP contribution in [0.5, 0.6) is 5.75 Å². The summed E-state index contributed by atoms with van der Waals surface area (Å²) in [5, 5.41) is 5.68. The Kier molecular flexibility index (Phi) is 7.21. The van der Waals surface area contributed by atoms with E-state index >= 15 is 0 Å². The third-order valence-electron chi connectivity index (χ3n) is 3.72. The second kappa shape index (κ2) is 9.38. The van der Waals surface area contributed by atoms with Gasteiger partial charge in [-0.2, -0.15) is 0 Å². The molecule has 2 N–H and O–H groups in total. The summed E-state index contributed by atoms with van der Waals surface area (Å²) in [4.78, 5) is 24.6. The van der Waals surface area contributed by atoms with Crippen molar-refractivity contribution in [2.24, 2.45) is 0 Å². The number of carbonyl (C=O) groups excluding carboxylic acids is 2. The SMILES string of the molecule is COc1ccc(CCC(=O)Nc2ccccc2C(=O)NC(C)C)cc1Br. The molecule has 0 unspecified atom stereocenters. The molecule has 0 aliphatic carbocycles. The lowest BCUT2D eigenvalue weighted by Crippen LogP contribution is -2.31. The van der Waals surface area contributed by atoms with E-state index in [1.54, 1.807) is 31.4 Å². The van der Waals surface area contributed by atoms with E-state index in [1.807, 2.05) is 32.0 Å². The molecule has 0 aliphatic heterocycles. The smallest absolute Gasteiger partial charge is 0.253 e. The van der Waals surface area contributed by atoms with E-state index in [-0.39, 0.29) is 17.9 Å². The molecule has 0 aliphatic rings. The molecular weight excluding hydrogens is 396 g/mol. The van der Waals surface area contributed by atoms with Crippen molar-refractivity contribution in [1.82, 2.24) is 5.32 Å². The van der Waals surface area contributed by atoms with Gasteiger partial charge in [-0.25, -0.2) is 0 Å². The third-order valence-corrected chi connectivity index (χ3v) is 4.34. The minimum absolute atomic E-state index is 0.0276. The van der Waals surface area contributed by atoms with Gasteiger partial charge >= 0.3 is 0 Å². The zero-order valence-corrected chi connectivity index (χ0v) is 16.7. The first kappa shape index (κ1) is 20.0. The fraction of sp³-hybridized carbons (Fsp3) is 0.300. The van der Waals surface area contributed by atoms with E-state index in [2.05, 4.69) is 26.6 Å². The van der Waals surface area contributed by atoms with Crippen LogP contribution in [0, 0.1) is 0 Å². The van der Waals surface area contributed by atoms with Crippen molar-refractivity contribution < 1.29 is 14.3 Å². The van der Waals surface area contributed by atoms with Gasteiger partial charge in [-0.3, -0.25) is 9.59 Å². The van der Waals surface area contributed by atoms with Crippen LogP contribution in [0.1, 0.15) is 36.2 Å². The van der Waals surface area contributed by atoms with Crippen molar-refractivity contribution in [2.75, 3.05) is 12.4 Å². The zero-order valence-electron chi connectivity index (χ0n) is 15.1. The zero-order chi connectivity index (χ0) is 19.1. The van der Waals surface area contributed by atoms with Gasteiger partial charge in [-0.1, -0.05) is 18.2 Å². The number of anilines is 1. The highest BCUT2D eigenvalue weighted by molar-refractivity contribution is 9.10. The lowest BCUT2D eigenvalue weighted by molar-refractivity contribution is -0.116. The second-order valence-corrected chi connectivity index (χ2v) is 7.05. The summed E-state index contributed by atoms with van der Waals surface area (Å²) in [6.07, 6.45) is 0.910. The predicted molar refractivity (Wildman–Crippen MR) is 107 cm³/mol. The standard InChI is InChI=1S/C20H23BrN2O3/c1-13(2)22-20(25)15-6-4-5-7-17(15)23-19(24)11-9-14-8-10-18(26-3)16(21)12-14/h4-8,10,12-13H,9,11H2,1-3H3,(H,22,25)(H,23,24). The minimum atomic E-state index is -0.199. The molecule has 2 amide bonds. The first-order chi connectivity index (χ1) is 12.4. The van der Waals surface area contributed by atoms with Crippen molar-refractivity contribution in [1.29, 1.82) is 0 Å². The number of halogens is 1. The van der Waals surface area contributed by atoms with Gasteiger partial charge in [0.15, 0.2) is 0 Å². The molecule has 0 aromatic heterocycles. The first-order valence-corrected chi connectivity index (χ1v) is 9.22. The highest BCUT2D eigenvalue weighted by Gasteiger charge is 2.14. The molecule has 0 atom stereocenters. The van der Waals surface area contributed by atoms with Gasteiger partial charge < -0.3 is 15.4 Å². The molecule has 2 aromatic rings. The molecule has 2 rings (SSSR count). The van der Waals surface area contributed by atoms with E-state index in [1.165, 1.54) is 0 Å². The number of benzene rings is 2. The Labute approximate surface area is 162 Å². The summed E-state index contributed by atoms with van der Waals surface area (Å²) < 4.78 is 6.06. The third kappa shape index (κ3) is 5.59. The van der Waals surface area contributed by atoms with Crippen LogP contribution in [-0.4, -0.2) is 25.0 Å². The van der Waals surface area contributed by atoms with Crippen LogP contribution in [0.3, 0.4) is 0 Å². The predicted octanol–water partition coefficient (Wildman–Crippen LogP) is 4.17. The summed E-state index contributed by atoms with van der Waals surface area (Å²) in [5.74, 6) is 0.417. The number of carbonyl (C=O) groups is 2. The Bertz CT molecular complexity index is 790. The van der Waals surface area contributed by atoms with Gasteiger partial charge in [0.1, 0.15) is 5.75 Å². The van der Waals surface area contributed by atoms with Crippen molar-refractivity contribution in [3.05, 3.63) is 58.1 Å². The Hall–Kier alpha value is -2.34. The van der Waals surface area contributed by atoms with Crippen molar-refractivity contribution >= 4 is 33.4 Å². The lowest BCUT2D eigenvalue weighted by atomic mass is 10.1. The van der Waals surface area contributed by atoms with Crippen molar-refractivity contribution in [3.8, 4) is 5.75 Å². The molecule has 0 heterocycles. The van der Waals surface area contributed by atoms with Crippen LogP contribution >= 0.6 is 15.9 Å². The Morgan fingerprint density at radius 1 is 1.15 bits per heavy atom. The highest BCUT2D eigenvalue weighted by atomic mass is 79.9. The number of amides is 2. The summed E-state index contributed by atoms with van der Waals surface area (Å²) in [6.45, 7) is 3.79. The summed E-state index contributed by atoms with van der Waals surface area (Å²) in [6, 6.07) is 12.8. The molecule has 5 nitrogen and oxygen atoms in total. The number of rotatable bonds is 7. The second-order valence-electron chi connectivity index (χ2n) is 6.19. The molecule has 0 radical (unpaired) electrons. The fourth-order valence-corrected chi connectivity index (χ4v) is 3.05. The quantitative estimate of drug-likeness (QED) is 0.708. The molecule has 2 aromatic carbocycles. The summed E-state index contributed by atoms with van der Waals surface area (Å²) in [7, 11) is 1.61. The maximum Gasteiger partial charge on any atom is 0.253 e. The number of methoxy groups -OCH3 is 1. The molecule has 0 saturated carbocycles. The van der Waals surface area contributed by atoms with E-state index in [0.29, 0.717) is 24.1 Å². The number of ether oxygens (including phenoxy) is 1. The molecule has 6 heteroatoms. The lowest BCUT2D eigenvalue weighted by Gasteiger charge is -2.13. The number of para-hydroxylation sites is 1. The molecule has 0 fully saturated rings. The normalized spacial score (nSPS) is 10.5. The van der Waals surface area contributed by atoms with Crippen LogP contribution < -0.4 is 15.4 Å². The van der Waals surface area contributed by atoms with E-state index in [9.17, 15) is 9.59 Å². The van der Waals surface area contributed by atoms with Gasteiger partial charge in [0.05, 0.1) is 22.8 Å². The minimum Gasteiger partial charge on any atom is -0.496 e. The number of nitrogens with one attached hydrogen (secondary N) is 2. The average molecular weight is 419 g/mol. The topological polar surface area (TPSA) is 67.4 Å². The Morgan fingerprint density at radius 3 is 2.54 bits per heavy atom. The van der Waals surface area contributed by atoms with Crippen molar-refractivity contribution in [3.63, 3.8) is 0 Å². The van der Waals surface area contributed by atoms with Gasteiger partial charge in [0.2, 0.25) is 5.91 Å². The number of hydrogen-bond acceptors (Lipinski definition) is 3. The highest BCUT2D eigenvalue weighted by Crippen LogP contribution is 2.26. The molecule has 0 bridgehead atoms. The Morgan fingerprint density at radius 2 is 1.88 bits per heavy atom. The van der Waals surface area contributed by atoms with Crippen LogP contribution in [0.15, 0.2) is 46.9 Å². The van der Waals surface area contributed by atoms with E-state index < -0.39 is 0 Å². The molecular formula is C20H23BrN2O3. The monoisotopic (exact) mass is 418 g/mol. The average Bonchev–Trinajstić information content (AvgIpc) is 2.60. The van der Waals surface area contributed by atoms with Crippen LogP contribution in [0.25, 0.3) is 0 Å². The van der Waals surface area contributed by atoms with Crippen LogP contribution in [-0.2, 0) is 11.2 Å². The number of hydrogen-bond donors (Lipinski definition) is 2.